The van der Waals surface area contributed by atoms with Gasteiger partial charge >= 0.3 is 13.1 Å². The van der Waals surface area contributed by atoms with Gasteiger partial charge in [0, 0.05) is 19.4 Å². The first kappa shape index (κ1) is 15.9. The minimum Gasteiger partial charge on any atom is -0.480 e. The molecular weight excluding hydrogens is 227 g/mol. The molecule has 0 aliphatic rings. The van der Waals surface area contributed by atoms with Crippen molar-refractivity contribution in [3.8, 4) is 0 Å². The third-order valence-corrected chi connectivity index (χ3v) is 2.44. The van der Waals surface area contributed by atoms with Crippen LogP contribution in [0.25, 0.3) is 0 Å². The van der Waals surface area contributed by atoms with Crippen molar-refractivity contribution in [2.45, 2.75) is 32.1 Å². The van der Waals surface area contributed by atoms with E-state index in [1.165, 1.54) is 6.92 Å². The molecule has 0 aromatic heterocycles. The summed E-state index contributed by atoms with van der Waals surface area (Å²) < 4.78 is 0. The van der Waals surface area contributed by atoms with Gasteiger partial charge in [-0.25, -0.2) is 0 Å². The van der Waals surface area contributed by atoms with Crippen LogP contribution in [0, 0.1) is 5.92 Å². The van der Waals surface area contributed by atoms with E-state index in [2.05, 4.69) is 5.32 Å². The fourth-order valence-corrected chi connectivity index (χ4v) is 1.45. The maximum absolute atomic E-state index is 10.7. The zero-order chi connectivity index (χ0) is 13.4. The molecular formula is C9H19BN2O5. The molecule has 0 rings (SSSR count). The van der Waals surface area contributed by atoms with Crippen LogP contribution < -0.4 is 11.1 Å². The predicted octanol–water partition coefficient (Wildman–Crippen LogP) is -1.60. The summed E-state index contributed by atoms with van der Waals surface area (Å²) in [5, 5.41) is 28.6. The lowest BCUT2D eigenvalue weighted by Crippen LogP contribution is -2.43. The second-order valence-corrected chi connectivity index (χ2v) is 3.97. The summed E-state index contributed by atoms with van der Waals surface area (Å²) in [6, 6.07) is -1.07. The summed E-state index contributed by atoms with van der Waals surface area (Å²) in [5.74, 6) is -1.81. The van der Waals surface area contributed by atoms with Gasteiger partial charge in [0.05, 0.1) is 0 Å². The number of hydrogen-bond acceptors (Lipinski definition) is 5. The SMILES string of the molecule is CC(=O)NC[C@@H](CCCB(O)O)[C@H](N)C(=O)O. The van der Waals surface area contributed by atoms with Gasteiger partial charge in [0.1, 0.15) is 6.04 Å². The van der Waals surface area contributed by atoms with E-state index in [1.807, 2.05) is 0 Å². The van der Waals surface area contributed by atoms with Gasteiger partial charge in [0.2, 0.25) is 5.91 Å². The fraction of sp³-hybridized carbons (Fsp3) is 0.778. The molecule has 0 bridgehead atoms. The van der Waals surface area contributed by atoms with Gasteiger partial charge < -0.3 is 26.2 Å². The highest BCUT2D eigenvalue weighted by Crippen LogP contribution is 2.12. The number of rotatable bonds is 8. The number of carbonyl (C=O) groups is 2. The molecule has 0 radical (unpaired) electrons. The standard InChI is InChI=1S/C9H19BN2O5/c1-6(13)12-5-7(8(11)9(14)15)3-2-4-10(16)17/h7-8,16-17H,2-5,11H2,1H3,(H,12,13)(H,14,15)/t7-,8+/m1/s1. The molecule has 0 heterocycles. The third-order valence-electron chi connectivity index (χ3n) is 2.44. The molecule has 7 nitrogen and oxygen atoms in total. The topological polar surface area (TPSA) is 133 Å². The Balaban J connectivity index is 4.19. The molecule has 0 saturated carbocycles. The lowest BCUT2D eigenvalue weighted by molar-refractivity contribution is -0.140. The van der Waals surface area contributed by atoms with Gasteiger partial charge in [0.25, 0.3) is 0 Å². The first-order valence-corrected chi connectivity index (χ1v) is 5.43. The summed E-state index contributed by atoms with van der Waals surface area (Å²) in [5.41, 5.74) is 5.49. The van der Waals surface area contributed by atoms with Gasteiger partial charge in [-0.15, -0.1) is 0 Å². The first-order valence-electron chi connectivity index (χ1n) is 5.43. The quantitative estimate of drug-likeness (QED) is 0.328. The van der Waals surface area contributed by atoms with Crippen LogP contribution in [0.4, 0.5) is 0 Å². The molecule has 0 unspecified atom stereocenters. The lowest BCUT2D eigenvalue weighted by atomic mass is 9.81. The molecule has 0 fully saturated rings. The largest absolute Gasteiger partial charge is 0.480 e. The summed E-state index contributed by atoms with van der Waals surface area (Å²) in [6.45, 7) is 1.51. The van der Waals surface area contributed by atoms with Crippen LogP contribution in [-0.2, 0) is 9.59 Å². The van der Waals surface area contributed by atoms with Crippen molar-refractivity contribution < 1.29 is 24.7 Å². The van der Waals surface area contributed by atoms with Gasteiger partial charge in [-0.05, 0) is 12.7 Å². The van der Waals surface area contributed by atoms with E-state index in [-0.39, 0.29) is 18.8 Å². The van der Waals surface area contributed by atoms with Crippen LogP contribution in [0.1, 0.15) is 19.8 Å². The Labute approximate surface area is 100 Å². The highest BCUT2D eigenvalue weighted by Gasteiger charge is 2.24. The molecule has 0 spiro atoms. The molecule has 0 aromatic rings. The lowest BCUT2D eigenvalue weighted by Gasteiger charge is -2.20. The molecule has 0 saturated heterocycles. The number of amides is 1. The van der Waals surface area contributed by atoms with Crippen LogP contribution >= 0.6 is 0 Å². The van der Waals surface area contributed by atoms with Gasteiger partial charge in [0.15, 0.2) is 0 Å². The predicted molar refractivity (Wildman–Crippen MR) is 62.0 cm³/mol. The second kappa shape index (κ2) is 8.05. The zero-order valence-corrected chi connectivity index (χ0v) is 9.80. The molecule has 2 atom stereocenters. The second-order valence-electron chi connectivity index (χ2n) is 3.97. The van der Waals surface area contributed by atoms with Crippen molar-refractivity contribution in [1.29, 1.82) is 0 Å². The monoisotopic (exact) mass is 246 g/mol. The van der Waals surface area contributed by atoms with E-state index in [0.717, 1.165) is 0 Å². The van der Waals surface area contributed by atoms with Gasteiger partial charge in [-0.1, -0.05) is 6.42 Å². The average Bonchev–Trinajstić information content (AvgIpc) is 2.21. The van der Waals surface area contributed by atoms with Crippen molar-refractivity contribution in [3.63, 3.8) is 0 Å². The number of nitrogens with one attached hydrogen (secondary N) is 1. The highest BCUT2D eigenvalue weighted by atomic mass is 16.4. The van der Waals surface area contributed by atoms with Gasteiger partial charge in [-0.2, -0.15) is 0 Å². The third kappa shape index (κ3) is 7.73. The Morgan fingerprint density at radius 3 is 2.41 bits per heavy atom. The maximum atomic E-state index is 10.7. The normalized spacial score (nSPS) is 13.9. The molecule has 0 aliphatic heterocycles. The van der Waals surface area contributed by atoms with Crippen molar-refractivity contribution >= 4 is 19.0 Å². The Morgan fingerprint density at radius 2 is 2.00 bits per heavy atom. The van der Waals surface area contributed by atoms with E-state index >= 15 is 0 Å². The van der Waals surface area contributed by atoms with E-state index in [9.17, 15) is 9.59 Å². The Bertz CT molecular complexity index is 262. The number of hydrogen-bond donors (Lipinski definition) is 5. The van der Waals surface area contributed by atoms with Crippen LogP contribution in [0.15, 0.2) is 0 Å². The molecule has 1 amide bonds. The molecule has 8 heteroatoms. The number of carboxylic acid groups (broad SMARTS) is 1. The average molecular weight is 246 g/mol. The minimum atomic E-state index is -1.41. The first-order chi connectivity index (χ1) is 7.84. The van der Waals surface area contributed by atoms with Crippen molar-refractivity contribution in [1.82, 2.24) is 5.32 Å². The molecule has 0 aromatic carbocycles. The van der Waals surface area contributed by atoms with Crippen molar-refractivity contribution in [2.75, 3.05) is 6.54 Å². The Hall–Kier alpha value is -1.12. The number of carboxylic acids is 1. The van der Waals surface area contributed by atoms with E-state index in [4.69, 9.17) is 20.9 Å². The molecule has 6 N–H and O–H groups in total. The summed E-state index contributed by atoms with van der Waals surface area (Å²) in [4.78, 5) is 21.5. The van der Waals surface area contributed by atoms with E-state index in [0.29, 0.717) is 12.8 Å². The minimum absolute atomic E-state index is 0.156. The van der Waals surface area contributed by atoms with E-state index in [1.54, 1.807) is 0 Å². The van der Waals surface area contributed by atoms with Crippen molar-refractivity contribution in [3.05, 3.63) is 0 Å². The van der Waals surface area contributed by atoms with Crippen LogP contribution in [0.5, 0.6) is 0 Å². The number of nitrogens with two attached hydrogens (primary N) is 1. The molecule has 17 heavy (non-hydrogen) atoms. The summed E-state index contributed by atoms with van der Waals surface area (Å²) in [7, 11) is -1.41. The Morgan fingerprint density at radius 1 is 1.41 bits per heavy atom. The van der Waals surface area contributed by atoms with Crippen molar-refractivity contribution in [2.24, 2.45) is 11.7 Å². The summed E-state index contributed by atoms with van der Waals surface area (Å²) >= 11 is 0. The summed E-state index contributed by atoms with van der Waals surface area (Å²) in [6.07, 6.45) is 0.997. The fourth-order valence-electron chi connectivity index (χ4n) is 1.45. The van der Waals surface area contributed by atoms with Crippen LogP contribution in [-0.4, -0.2) is 46.7 Å². The van der Waals surface area contributed by atoms with E-state index < -0.39 is 25.0 Å². The molecule has 0 aliphatic carbocycles. The van der Waals surface area contributed by atoms with Gasteiger partial charge in [-0.3, -0.25) is 9.59 Å². The number of aliphatic carboxylic acids is 1. The number of carbonyl (C=O) groups excluding carboxylic acids is 1. The van der Waals surface area contributed by atoms with Crippen LogP contribution in [0.2, 0.25) is 6.32 Å². The maximum Gasteiger partial charge on any atom is 0.451 e. The Kier molecular flexibility index (Phi) is 7.52. The highest BCUT2D eigenvalue weighted by molar-refractivity contribution is 6.40. The molecule has 98 valence electrons. The zero-order valence-electron chi connectivity index (χ0n) is 9.80. The van der Waals surface area contributed by atoms with Crippen LogP contribution in [0.3, 0.4) is 0 Å². The smallest absolute Gasteiger partial charge is 0.451 e.